The maximum atomic E-state index is 13.7. The molecule has 2 atom stereocenters. The van der Waals surface area contributed by atoms with Crippen LogP contribution in [0.5, 0.6) is 5.88 Å². The van der Waals surface area contributed by atoms with Crippen LogP contribution in [-0.4, -0.2) is 37.9 Å². The zero-order valence-electron chi connectivity index (χ0n) is 15.8. The molecule has 31 heavy (non-hydrogen) atoms. The van der Waals surface area contributed by atoms with Crippen molar-refractivity contribution in [2.45, 2.75) is 24.8 Å². The van der Waals surface area contributed by atoms with E-state index in [0.717, 1.165) is 4.57 Å². The summed E-state index contributed by atoms with van der Waals surface area (Å²) < 4.78 is 53.2. The Kier molecular flexibility index (Phi) is 5.31. The molecule has 0 amide bonds. The van der Waals surface area contributed by atoms with E-state index < -0.39 is 36.6 Å². The molecule has 8 nitrogen and oxygen atoms in total. The highest BCUT2D eigenvalue weighted by atomic mass is 35.5. The van der Waals surface area contributed by atoms with Gasteiger partial charge in [-0.3, -0.25) is 9.36 Å². The van der Waals surface area contributed by atoms with Gasteiger partial charge in [0.2, 0.25) is 11.7 Å². The van der Waals surface area contributed by atoms with E-state index in [9.17, 15) is 23.1 Å². The van der Waals surface area contributed by atoms with E-state index in [4.69, 9.17) is 21.1 Å². The molecule has 0 saturated carbocycles. The Morgan fingerprint density at radius 3 is 2.74 bits per heavy atom. The number of carbonyl (C=O) groups is 1. The Morgan fingerprint density at radius 1 is 1.29 bits per heavy atom. The molecule has 0 aliphatic carbocycles. The number of hydrogen-bond donors (Lipinski definition) is 1. The number of rotatable bonds is 4. The molecule has 0 saturated heterocycles. The van der Waals surface area contributed by atoms with Crippen molar-refractivity contribution in [2.24, 2.45) is 0 Å². The number of carboxylic acids is 1. The van der Waals surface area contributed by atoms with Crippen molar-refractivity contribution in [1.29, 1.82) is 0 Å². The maximum Gasteiger partial charge on any atom is 0.452 e. The summed E-state index contributed by atoms with van der Waals surface area (Å²) in [6, 6.07) is 7.46. The summed E-state index contributed by atoms with van der Waals surface area (Å²) >= 11 is 6.15. The van der Waals surface area contributed by atoms with E-state index in [1.807, 2.05) is 0 Å². The second-order valence-electron chi connectivity index (χ2n) is 6.62. The van der Waals surface area contributed by atoms with Gasteiger partial charge in [-0.15, -0.1) is 10.2 Å². The van der Waals surface area contributed by atoms with E-state index in [-0.39, 0.29) is 28.0 Å². The van der Waals surface area contributed by atoms with Gasteiger partial charge in [0.25, 0.3) is 0 Å². The standard InChI is InChI=1S/C19H14ClF3N4O4/c1-30-17-10(3-2-6-24-17)15-11-7-9(20)4-5-12(11)27-16(13(31-15)8-14(28)29)25-26-18(27)19(21,22)23/h2-7,13,15H,8H2,1H3,(H,28,29). The van der Waals surface area contributed by atoms with E-state index >= 15 is 0 Å². The first-order valence-electron chi connectivity index (χ1n) is 8.89. The summed E-state index contributed by atoms with van der Waals surface area (Å²) in [4.78, 5) is 15.6. The average Bonchev–Trinajstić information content (AvgIpc) is 3.11. The molecule has 4 rings (SSSR count). The quantitative estimate of drug-likeness (QED) is 0.636. The SMILES string of the molecule is COc1ncccc1C1OC(CC(=O)O)c2nnc(C(F)(F)F)n2-c2ccc(Cl)cc21. The van der Waals surface area contributed by atoms with Crippen LogP contribution < -0.4 is 4.74 Å². The normalized spacial score (nSPS) is 18.1. The first-order chi connectivity index (χ1) is 14.7. The zero-order chi connectivity index (χ0) is 22.3. The van der Waals surface area contributed by atoms with E-state index in [2.05, 4.69) is 15.2 Å². The van der Waals surface area contributed by atoms with Crippen LogP contribution in [0.15, 0.2) is 36.5 Å². The second kappa shape index (κ2) is 7.82. The van der Waals surface area contributed by atoms with Crippen molar-refractivity contribution in [3.05, 3.63) is 64.3 Å². The zero-order valence-corrected chi connectivity index (χ0v) is 16.6. The van der Waals surface area contributed by atoms with Crippen molar-refractivity contribution in [1.82, 2.24) is 19.7 Å². The van der Waals surface area contributed by atoms with Crippen LogP contribution in [-0.2, 0) is 15.7 Å². The molecule has 3 aromatic rings. The molecule has 162 valence electrons. The third kappa shape index (κ3) is 3.81. The minimum absolute atomic E-state index is 0.0560. The molecule has 1 aliphatic rings. The van der Waals surface area contributed by atoms with Gasteiger partial charge in [0.15, 0.2) is 5.82 Å². The number of hydrogen-bond acceptors (Lipinski definition) is 6. The Labute approximate surface area is 178 Å². The third-order valence-electron chi connectivity index (χ3n) is 4.68. The molecule has 12 heteroatoms. The lowest BCUT2D eigenvalue weighted by Gasteiger charge is -2.23. The van der Waals surface area contributed by atoms with E-state index in [1.54, 1.807) is 12.1 Å². The Hall–Kier alpha value is -3.18. The number of ether oxygens (including phenoxy) is 2. The topological polar surface area (TPSA) is 99.4 Å². The molecule has 0 bridgehead atoms. The van der Waals surface area contributed by atoms with Gasteiger partial charge in [-0.1, -0.05) is 11.6 Å². The number of fused-ring (bicyclic) bond motifs is 3. The maximum absolute atomic E-state index is 13.7. The van der Waals surface area contributed by atoms with Gasteiger partial charge < -0.3 is 14.6 Å². The van der Waals surface area contributed by atoms with E-state index in [1.165, 1.54) is 31.5 Å². The molecule has 1 aliphatic heterocycles. The van der Waals surface area contributed by atoms with Crippen molar-refractivity contribution < 1.29 is 32.5 Å². The highest BCUT2D eigenvalue weighted by Crippen LogP contribution is 2.45. The molecule has 2 aromatic heterocycles. The number of nitrogens with zero attached hydrogens (tertiary/aromatic N) is 4. The molecular formula is C19H14ClF3N4O4. The lowest BCUT2D eigenvalue weighted by atomic mass is 10.00. The number of benzene rings is 1. The first kappa shape index (κ1) is 21.1. The number of pyridine rings is 1. The summed E-state index contributed by atoms with van der Waals surface area (Å²) in [6.07, 6.45) is -6.39. The van der Waals surface area contributed by atoms with Crippen molar-refractivity contribution in [3.8, 4) is 11.6 Å². The third-order valence-corrected chi connectivity index (χ3v) is 4.91. The number of aliphatic carboxylic acids is 1. The monoisotopic (exact) mass is 454 g/mol. The molecule has 0 radical (unpaired) electrons. The van der Waals surface area contributed by atoms with Gasteiger partial charge in [-0.2, -0.15) is 13.2 Å². The number of alkyl halides is 3. The molecule has 0 spiro atoms. The van der Waals surface area contributed by atoms with Gasteiger partial charge >= 0.3 is 12.1 Å². The van der Waals surface area contributed by atoms with Crippen molar-refractivity contribution in [3.63, 3.8) is 0 Å². The highest BCUT2D eigenvalue weighted by molar-refractivity contribution is 6.30. The molecule has 0 fully saturated rings. The van der Waals surface area contributed by atoms with E-state index in [0.29, 0.717) is 5.56 Å². The molecule has 3 heterocycles. The number of methoxy groups -OCH3 is 1. The summed E-state index contributed by atoms with van der Waals surface area (Å²) in [5.74, 6) is -2.71. The van der Waals surface area contributed by atoms with Gasteiger partial charge in [-0.25, -0.2) is 4.98 Å². The summed E-state index contributed by atoms with van der Waals surface area (Å²) in [7, 11) is 1.38. The fourth-order valence-electron chi connectivity index (χ4n) is 3.48. The predicted molar refractivity (Wildman–Crippen MR) is 100 cm³/mol. The number of halogens is 4. The van der Waals surface area contributed by atoms with Gasteiger partial charge in [0.1, 0.15) is 12.2 Å². The van der Waals surface area contributed by atoms with Gasteiger partial charge in [0, 0.05) is 22.3 Å². The lowest BCUT2D eigenvalue weighted by molar-refractivity contribution is -0.146. The van der Waals surface area contributed by atoms with Gasteiger partial charge in [-0.05, 0) is 30.3 Å². The summed E-state index contributed by atoms with van der Waals surface area (Å²) in [5, 5.41) is 16.5. The smallest absolute Gasteiger partial charge is 0.452 e. The Bertz CT molecular complexity index is 1150. The highest BCUT2D eigenvalue weighted by Gasteiger charge is 2.43. The minimum Gasteiger partial charge on any atom is -0.481 e. The fraction of sp³-hybridized carbons (Fsp3) is 0.263. The minimum atomic E-state index is -4.85. The van der Waals surface area contributed by atoms with Crippen LogP contribution in [0, 0.1) is 0 Å². The predicted octanol–water partition coefficient (Wildman–Crippen LogP) is 3.98. The largest absolute Gasteiger partial charge is 0.481 e. The summed E-state index contributed by atoms with van der Waals surface area (Å²) in [6.45, 7) is 0. The summed E-state index contributed by atoms with van der Waals surface area (Å²) in [5.41, 5.74) is 0.690. The van der Waals surface area contributed by atoms with Gasteiger partial charge in [0.05, 0.1) is 19.2 Å². The number of aromatic nitrogens is 4. The van der Waals surface area contributed by atoms with Crippen LogP contribution in [0.25, 0.3) is 5.69 Å². The Balaban J connectivity index is 2.03. The molecule has 2 unspecified atom stereocenters. The molecule has 1 aromatic carbocycles. The first-order valence-corrected chi connectivity index (χ1v) is 9.27. The van der Waals surface area contributed by atoms with Crippen LogP contribution in [0.2, 0.25) is 5.02 Å². The van der Waals surface area contributed by atoms with Crippen LogP contribution in [0.1, 0.15) is 41.4 Å². The van der Waals surface area contributed by atoms with Crippen molar-refractivity contribution >= 4 is 17.6 Å². The van der Waals surface area contributed by atoms with Crippen LogP contribution in [0.4, 0.5) is 13.2 Å². The van der Waals surface area contributed by atoms with Crippen molar-refractivity contribution in [2.75, 3.05) is 7.11 Å². The molecule has 1 N–H and O–H groups in total. The van der Waals surface area contributed by atoms with Crippen LogP contribution in [0.3, 0.4) is 0 Å². The number of carboxylic acid groups (broad SMARTS) is 1. The molecular weight excluding hydrogens is 441 g/mol. The second-order valence-corrected chi connectivity index (χ2v) is 7.06. The lowest BCUT2D eigenvalue weighted by Crippen LogP contribution is -2.17. The van der Waals surface area contributed by atoms with Crippen LogP contribution >= 0.6 is 11.6 Å². The Morgan fingerprint density at radius 2 is 2.06 bits per heavy atom. The average molecular weight is 455 g/mol. The fourth-order valence-corrected chi connectivity index (χ4v) is 3.66.